The maximum Gasteiger partial charge on any atom is 0.329 e. The molecular weight excluding hydrogens is 268 g/mol. The topological polar surface area (TPSA) is 197 Å². The van der Waals surface area contributed by atoms with Crippen molar-refractivity contribution in [1.82, 2.24) is 0 Å². The van der Waals surface area contributed by atoms with E-state index in [4.69, 9.17) is 5.11 Å². The van der Waals surface area contributed by atoms with Crippen LogP contribution in [0.1, 0.15) is 0 Å². The van der Waals surface area contributed by atoms with Crippen LogP contribution in [0.5, 0.6) is 0 Å². The molecule has 9 N–H and O–H groups in total. The molecule has 0 radical (unpaired) electrons. The van der Waals surface area contributed by atoms with Gasteiger partial charge in [-0.2, -0.15) is 0 Å². The lowest BCUT2D eigenvalue weighted by Gasteiger charge is -1.96. The molecule has 0 spiro atoms. The van der Waals surface area contributed by atoms with E-state index in [1.165, 1.54) is 12.1 Å². The fourth-order valence-corrected chi connectivity index (χ4v) is 1.83. The fraction of sp³-hybridized carbons (Fsp3) is 0. The van der Waals surface area contributed by atoms with E-state index in [1.54, 1.807) is 18.2 Å². The molecule has 0 saturated carbocycles. The van der Waals surface area contributed by atoms with Gasteiger partial charge in [-0.05, 0) is 12.1 Å². The molecule has 106 valence electrons. The standard InChI is InChI=1S/C9H8O4S.4H2O/c10-9(11)6-7-14(12,13)8-4-2-1-3-5-8;;;;/h1-7H,(H,10,11);4*1H2/b7-6+;;;;. The van der Waals surface area contributed by atoms with Crippen LogP contribution in [0, 0.1) is 0 Å². The minimum absolute atomic E-state index is 0. The van der Waals surface area contributed by atoms with E-state index in [1.807, 2.05) is 0 Å². The van der Waals surface area contributed by atoms with E-state index in [2.05, 4.69) is 0 Å². The molecule has 0 heterocycles. The van der Waals surface area contributed by atoms with Crippen LogP contribution in [0.3, 0.4) is 0 Å². The van der Waals surface area contributed by atoms with Gasteiger partial charge in [-0.15, -0.1) is 0 Å². The quantitative estimate of drug-likeness (QED) is 0.612. The number of carboxylic acids is 1. The molecule has 9 heteroatoms. The molecule has 0 fully saturated rings. The van der Waals surface area contributed by atoms with Crippen molar-refractivity contribution in [3.05, 3.63) is 41.8 Å². The van der Waals surface area contributed by atoms with E-state index in [0.717, 1.165) is 0 Å². The number of rotatable bonds is 3. The van der Waals surface area contributed by atoms with Gasteiger partial charge in [-0.1, -0.05) is 18.2 Å². The number of carboxylic acid groups (broad SMARTS) is 1. The first kappa shape index (κ1) is 25.2. The van der Waals surface area contributed by atoms with E-state index in [-0.39, 0.29) is 26.8 Å². The van der Waals surface area contributed by atoms with Gasteiger partial charge in [0.15, 0.2) is 9.84 Å². The molecule has 0 unspecified atom stereocenters. The van der Waals surface area contributed by atoms with Gasteiger partial charge in [0, 0.05) is 11.5 Å². The Hall–Kier alpha value is -1.78. The van der Waals surface area contributed by atoms with Crippen molar-refractivity contribution >= 4 is 15.8 Å². The normalized spacial score (nSPS) is 9.11. The molecule has 0 amide bonds. The van der Waals surface area contributed by atoms with E-state index < -0.39 is 15.8 Å². The van der Waals surface area contributed by atoms with Crippen molar-refractivity contribution in [2.24, 2.45) is 0 Å². The lowest BCUT2D eigenvalue weighted by Crippen LogP contribution is -1.97. The van der Waals surface area contributed by atoms with Gasteiger partial charge in [-0.3, -0.25) is 0 Å². The lowest BCUT2D eigenvalue weighted by molar-refractivity contribution is -0.131. The Morgan fingerprint density at radius 2 is 1.44 bits per heavy atom. The molecule has 0 aliphatic carbocycles. The van der Waals surface area contributed by atoms with Gasteiger partial charge in [0.25, 0.3) is 0 Å². The van der Waals surface area contributed by atoms with Gasteiger partial charge < -0.3 is 27.0 Å². The SMILES string of the molecule is O.O.O.O.O=C(O)/C=C/S(=O)(=O)c1ccccc1. The highest BCUT2D eigenvalue weighted by Crippen LogP contribution is 2.10. The number of hydrogen-bond acceptors (Lipinski definition) is 3. The molecule has 0 saturated heterocycles. The summed E-state index contributed by atoms with van der Waals surface area (Å²) in [5.74, 6) is -1.29. The second-order valence-electron chi connectivity index (χ2n) is 2.50. The molecule has 0 atom stereocenters. The van der Waals surface area contributed by atoms with Crippen molar-refractivity contribution in [2.45, 2.75) is 4.90 Å². The van der Waals surface area contributed by atoms with Crippen molar-refractivity contribution in [1.29, 1.82) is 0 Å². The Balaban J connectivity index is -0.000000245. The van der Waals surface area contributed by atoms with Crippen molar-refractivity contribution in [3.8, 4) is 0 Å². The summed E-state index contributed by atoms with van der Waals surface area (Å²) < 4.78 is 22.8. The lowest BCUT2D eigenvalue weighted by atomic mass is 10.4. The Kier molecular flexibility index (Phi) is 14.5. The van der Waals surface area contributed by atoms with Crippen LogP contribution in [-0.2, 0) is 14.6 Å². The molecule has 1 aromatic rings. The third-order valence-electron chi connectivity index (χ3n) is 1.46. The third-order valence-corrected chi connectivity index (χ3v) is 2.89. The summed E-state index contributed by atoms with van der Waals surface area (Å²) in [5, 5.41) is 8.94. The zero-order valence-corrected chi connectivity index (χ0v) is 9.94. The highest BCUT2D eigenvalue weighted by molar-refractivity contribution is 7.94. The minimum atomic E-state index is -3.62. The minimum Gasteiger partial charge on any atom is -0.478 e. The monoisotopic (exact) mass is 284 g/mol. The average molecular weight is 284 g/mol. The van der Waals surface area contributed by atoms with E-state index in [9.17, 15) is 13.2 Å². The van der Waals surface area contributed by atoms with Crippen LogP contribution in [0.4, 0.5) is 0 Å². The predicted octanol–water partition coefficient (Wildman–Crippen LogP) is -2.24. The highest BCUT2D eigenvalue weighted by atomic mass is 32.2. The fourth-order valence-electron chi connectivity index (χ4n) is 0.837. The number of benzene rings is 1. The van der Waals surface area contributed by atoms with Crippen LogP contribution in [0.25, 0.3) is 0 Å². The number of hydrogen-bond donors (Lipinski definition) is 1. The van der Waals surface area contributed by atoms with Gasteiger partial charge in [0.05, 0.1) is 4.90 Å². The van der Waals surface area contributed by atoms with Crippen LogP contribution >= 0.6 is 0 Å². The first-order chi connectivity index (χ1) is 6.52. The number of sulfone groups is 1. The Morgan fingerprint density at radius 3 is 1.83 bits per heavy atom. The van der Waals surface area contributed by atoms with E-state index >= 15 is 0 Å². The Morgan fingerprint density at radius 1 is 1.00 bits per heavy atom. The maximum atomic E-state index is 11.4. The summed E-state index contributed by atoms with van der Waals surface area (Å²) in [6.45, 7) is 0. The van der Waals surface area contributed by atoms with Crippen LogP contribution in [0.15, 0.2) is 46.7 Å². The van der Waals surface area contributed by atoms with Crippen LogP contribution in [-0.4, -0.2) is 41.4 Å². The van der Waals surface area contributed by atoms with Crippen molar-refractivity contribution in [2.75, 3.05) is 0 Å². The predicted molar refractivity (Wildman–Crippen MR) is 64.9 cm³/mol. The van der Waals surface area contributed by atoms with Crippen LogP contribution in [0.2, 0.25) is 0 Å². The molecule has 18 heavy (non-hydrogen) atoms. The highest BCUT2D eigenvalue weighted by Gasteiger charge is 2.09. The number of carbonyl (C=O) groups is 1. The summed E-state index contributed by atoms with van der Waals surface area (Å²) in [7, 11) is -3.62. The first-order valence-corrected chi connectivity index (χ1v) is 5.28. The van der Waals surface area contributed by atoms with Gasteiger partial charge in [0.1, 0.15) is 0 Å². The van der Waals surface area contributed by atoms with Crippen molar-refractivity contribution < 1.29 is 40.2 Å². The molecular formula is C9H16O8S. The average Bonchev–Trinajstić information content (AvgIpc) is 2.16. The summed E-state index contributed by atoms with van der Waals surface area (Å²) in [6, 6.07) is 7.63. The van der Waals surface area contributed by atoms with Gasteiger partial charge in [0.2, 0.25) is 0 Å². The maximum absolute atomic E-state index is 11.4. The largest absolute Gasteiger partial charge is 0.478 e. The zero-order valence-electron chi connectivity index (χ0n) is 9.12. The molecule has 1 aromatic carbocycles. The Labute approximate surface area is 103 Å². The molecule has 0 bridgehead atoms. The second kappa shape index (κ2) is 10.4. The molecule has 0 aliphatic heterocycles. The van der Waals surface area contributed by atoms with Crippen LogP contribution < -0.4 is 0 Å². The first-order valence-electron chi connectivity index (χ1n) is 3.73. The summed E-state index contributed by atoms with van der Waals surface area (Å²) in [6.07, 6.45) is 0.600. The third kappa shape index (κ3) is 7.49. The van der Waals surface area contributed by atoms with Crippen molar-refractivity contribution in [3.63, 3.8) is 0 Å². The number of aliphatic carboxylic acids is 1. The van der Waals surface area contributed by atoms with Gasteiger partial charge in [-0.25, -0.2) is 13.2 Å². The second-order valence-corrected chi connectivity index (χ2v) is 4.33. The van der Waals surface area contributed by atoms with E-state index in [0.29, 0.717) is 11.5 Å². The van der Waals surface area contributed by atoms with Gasteiger partial charge >= 0.3 is 5.97 Å². The molecule has 0 aliphatic rings. The molecule has 0 aromatic heterocycles. The summed E-state index contributed by atoms with van der Waals surface area (Å²) in [5.41, 5.74) is 0. The Bertz CT molecular complexity index is 451. The summed E-state index contributed by atoms with van der Waals surface area (Å²) >= 11 is 0. The summed E-state index contributed by atoms with van der Waals surface area (Å²) in [4.78, 5) is 10.2. The smallest absolute Gasteiger partial charge is 0.329 e. The molecule has 1 rings (SSSR count). The zero-order chi connectivity index (χ0) is 10.6. The molecule has 8 nitrogen and oxygen atoms in total.